The Morgan fingerprint density at radius 2 is 2.05 bits per heavy atom. The van der Waals surface area contributed by atoms with Crippen molar-refractivity contribution in [2.24, 2.45) is 5.92 Å². The summed E-state index contributed by atoms with van der Waals surface area (Å²) < 4.78 is 23.9. The Morgan fingerprint density at radius 1 is 1.40 bits per heavy atom. The quantitative estimate of drug-likeness (QED) is 0.749. The maximum absolute atomic E-state index is 12.0. The highest BCUT2D eigenvalue weighted by Gasteiger charge is 2.18. The molecule has 0 aromatic heterocycles. The molecule has 1 rings (SSSR count). The van der Waals surface area contributed by atoms with Gasteiger partial charge in [0.2, 0.25) is 0 Å². The lowest BCUT2D eigenvalue weighted by atomic mass is 10.1. The summed E-state index contributed by atoms with van der Waals surface area (Å²) in [6.07, 6.45) is 0.513. The number of aromatic carboxylic acids is 1. The highest BCUT2D eigenvalue weighted by atomic mass is 32.2. The van der Waals surface area contributed by atoms with Gasteiger partial charge in [0.25, 0.3) is 10.0 Å². The van der Waals surface area contributed by atoms with Crippen molar-refractivity contribution < 1.29 is 23.2 Å². The molecule has 6 nitrogen and oxygen atoms in total. The smallest absolute Gasteiger partial charge is 0.336 e. The van der Waals surface area contributed by atoms with Crippen LogP contribution in [0.5, 0.6) is 0 Å². The van der Waals surface area contributed by atoms with E-state index < -0.39 is 16.0 Å². The number of hydrogen-bond donors (Lipinski definition) is 2. The van der Waals surface area contributed by atoms with Crippen LogP contribution in [0.2, 0.25) is 0 Å². The first-order chi connectivity index (χ1) is 9.27. The Labute approximate surface area is 118 Å². The lowest BCUT2D eigenvalue weighted by molar-refractivity contribution is 0.0694. The van der Waals surface area contributed by atoms with E-state index in [1.54, 1.807) is 6.92 Å². The highest BCUT2D eigenvalue weighted by Crippen LogP contribution is 2.17. The molecule has 0 radical (unpaired) electrons. The molecule has 2 N–H and O–H groups in total. The van der Waals surface area contributed by atoms with Gasteiger partial charge in [0.1, 0.15) is 0 Å². The van der Waals surface area contributed by atoms with Crippen LogP contribution in [0.15, 0.2) is 23.1 Å². The summed E-state index contributed by atoms with van der Waals surface area (Å²) in [6.45, 7) is 5.80. The van der Waals surface area contributed by atoms with Crippen LogP contribution in [0.1, 0.15) is 36.7 Å². The molecule has 0 aliphatic heterocycles. The fraction of sp³-hybridized carbons (Fsp3) is 0.462. The van der Waals surface area contributed by atoms with Crippen molar-refractivity contribution in [3.63, 3.8) is 0 Å². The van der Waals surface area contributed by atoms with Crippen LogP contribution in [0.4, 0.5) is 0 Å². The molecule has 0 heterocycles. The van der Waals surface area contributed by atoms with Gasteiger partial charge in [0.05, 0.1) is 17.1 Å². The number of carbonyl (C=O) groups is 1. The Kier molecular flexibility index (Phi) is 5.67. The van der Waals surface area contributed by atoms with Crippen LogP contribution in [0.3, 0.4) is 0 Å². The van der Waals surface area contributed by atoms with Gasteiger partial charge in [-0.15, -0.1) is 0 Å². The second-order valence-electron chi connectivity index (χ2n) is 4.77. The summed E-state index contributed by atoms with van der Waals surface area (Å²) in [5, 5.41) is 9.09. The Hall–Kier alpha value is -1.44. The molecule has 0 spiro atoms. The number of nitrogens with one attached hydrogen (secondary N) is 1. The number of carboxylic acids is 1. The van der Waals surface area contributed by atoms with Gasteiger partial charge in [-0.2, -0.15) is 0 Å². The summed E-state index contributed by atoms with van der Waals surface area (Å²) >= 11 is 0. The molecular formula is C13H19NO5S. The third-order valence-corrected chi connectivity index (χ3v) is 3.80. The molecule has 0 saturated heterocycles. The molecule has 0 saturated carbocycles. The average molecular weight is 301 g/mol. The van der Waals surface area contributed by atoms with Crippen LogP contribution >= 0.6 is 0 Å². The largest absolute Gasteiger partial charge is 0.478 e. The molecule has 1 aromatic carbocycles. The second-order valence-corrected chi connectivity index (χ2v) is 6.41. The molecule has 0 aliphatic carbocycles. The predicted molar refractivity (Wildman–Crippen MR) is 73.9 cm³/mol. The monoisotopic (exact) mass is 301 g/mol. The zero-order valence-corrected chi connectivity index (χ0v) is 12.5. The van der Waals surface area contributed by atoms with Gasteiger partial charge < -0.3 is 5.11 Å². The Balaban J connectivity index is 3.01. The fourth-order valence-corrected chi connectivity index (χ4v) is 2.40. The maximum atomic E-state index is 12.0. The molecule has 1 aromatic rings. The average Bonchev–Trinajstić information content (AvgIpc) is 2.37. The first-order valence-electron chi connectivity index (χ1n) is 6.27. The van der Waals surface area contributed by atoms with E-state index in [0.717, 1.165) is 6.07 Å². The number of hydrogen-bond acceptors (Lipinski definition) is 4. The van der Waals surface area contributed by atoms with E-state index in [-0.39, 0.29) is 23.0 Å². The van der Waals surface area contributed by atoms with Gasteiger partial charge in [0, 0.05) is 0 Å². The van der Waals surface area contributed by atoms with Gasteiger partial charge >= 0.3 is 5.97 Å². The van der Waals surface area contributed by atoms with Crippen LogP contribution < -0.4 is 4.89 Å². The molecule has 0 atom stereocenters. The number of sulfonamides is 1. The molecular weight excluding hydrogens is 282 g/mol. The van der Waals surface area contributed by atoms with Crippen molar-refractivity contribution in [1.29, 1.82) is 0 Å². The number of rotatable bonds is 7. The lowest BCUT2D eigenvalue weighted by Crippen LogP contribution is -2.26. The van der Waals surface area contributed by atoms with Crippen molar-refractivity contribution in [3.8, 4) is 0 Å². The van der Waals surface area contributed by atoms with E-state index in [4.69, 9.17) is 9.94 Å². The van der Waals surface area contributed by atoms with Crippen LogP contribution in [-0.4, -0.2) is 26.1 Å². The molecule has 0 aliphatic rings. The minimum Gasteiger partial charge on any atom is -0.478 e. The minimum atomic E-state index is -3.87. The van der Waals surface area contributed by atoms with E-state index in [0.29, 0.717) is 12.0 Å². The summed E-state index contributed by atoms with van der Waals surface area (Å²) in [7, 11) is -3.87. The molecule has 112 valence electrons. The highest BCUT2D eigenvalue weighted by molar-refractivity contribution is 7.89. The SMILES string of the molecule is CCc1ccc(S(=O)(=O)NOCC(C)C)cc1C(=O)O. The Bertz CT molecular complexity index is 580. The summed E-state index contributed by atoms with van der Waals surface area (Å²) in [5.74, 6) is -0.975. The maximum Gasteiger partial charge on any atom is 0.336 e. The summed E-state index contributed by atoms with van der Waals surface area (Å²) in [5.41, 5.74) is 0.568. The number of carboxylic acid groups (broad SMARTS) is 1. The van der Waals surface area contributed by atoms with Gasteiger partial charge in [-0.1, -0.05) is 31.7 Å². The van der Waals surface area contributed by atoms with Crippen molar-refractivity contribution in [3.05, 3.63) is 29.3 Å². The second kappa shape index (κ2) is 6.83. The topological polar surface area (TPSA) is 92.7 Å². The van der Waals surface area contributed by atoms with E-state index in [2.05, 4.69) is 0 Å². The first-order valence-corrected chi connectivity index (χ1v) is 7.76. The van der Waals surface area contributed by atoms with Gasteiger partial charge in [-0.3, -0.25) is 4.84 Å². The van der Waals surface area contributed by atoms with E-state index in [1.807, 2.05) is 18.7 Å². The summed E-state index contributed by atoms with van der Waals surface area (Å²) in [4.78, 5) is 17.9. The predicted octanol–water partition coefficient (Wildman–Crippen LogP) is 1.81. The normalized spacial score (nSPS) is 11.8. The Morgan fingerprint density at radius 3 is 2.55 bits per heavy atom. The zero-order valence-electron chi connectivity index (χ0n) is 11.7. The van der Waals surface area contributed by atoms with Gasteiger partial charge in [-0.25, -0.2) is 13.2 Å². The van der Waals surface area contributed by atoms with Crippen molar-refractivity contribution in [2.45, 2.75) is 32.1 Å². The molecule has 0 fully saturated rings. The standard InChI is InChI=1S/C13H19NO5S/c1-4-10-5-6-11(7-12(10)13(15)16)20(17,18)14-19-8-9(2)3/h5-7,9,14H,4,8H2,1-3H3,(H,15,16). The van der Waals surface area contributed by atoms with E-state index >= 15 is 0 Å². The van der Waals surface area contributed by atoms with Crippen molar-refractivity contribution in [1.82, 2.24) is 4.89 Å². The molecule has 20 heavy (non-hydrogen) atoms. The minimum absolute atomic E-state index is 0.0146. The lowest BCUT2D eigenvalue weighted by Gasteiger charge is -2.10. The molecule has 0 unspecified atom stereocenters. The van der Waals surface area contributed by atoms with Crippen molar-refractivity contribution in [2.75, 3.05) is 6.61 Å². The molecule has 0 bridgehead atoms. The summed E-state index contributed by atoms with van der Waals surface area (Å²) in [6, 6.07) is 4.01. The van der Waals surface area contributed by atoms with Crippen LogP contribution in [0, 0.1) is 5.92 Å². The van der Waals surface area contributed by atoms with Crippen LogP contribution in [-0.2, 0) is 21.3 Å². The van der Waals surface area contributed by atoms with Crippen molar-refractivity contribution >= 4 is 16.0 Å². The van der Waals surface area contributed by atoms with E-state index in [1.165, 1.54) is 12.1 Å². The first kappa shape index (κ1) is 16.6. The molecule has 0 amide bonds. The molecule has 7 heteroatoms. The third kappa shape index (κ3) is 4.29. The van der Waals surface area contributed by atoms with Gasteiger partial charge in [0.15, 0.2) is 0 Å². The van der Waals surface area contributed by atoms with Crippen LogP contribution in [0.25, 0.3) is 0 Å². The number of aryl methyl sites for hydroxylation is 1. The third-order valence-electron chi connectivity index (χ3n) is 2.59. The van der Waals surface area contributed by atoms with Gasteiger partial charge in [-0.05, 0) is 30.0 Å². The fourth-order valence-electron chi connectivity index (χ4n) is 1.56. The zero-order chi connectivity index (χ0) is 15.3. The number of benzene rings is 1. The van der Waals surface area contributed by atoms with E-state index in [9.17, 15) is 13.2 Å².